The molecule has 2 aromatic carbocycles. The highest BCUT2D eigenvalue weighted by Gasteiger charge is 2.16. The number of hydrogen-bond acceptors (Lipinski definition) is 1. The Morgan fingerprint density at radius 2 is 1.61 bits per heavy atom. The second-order valence-electron chi connectivity index (χ2n) is 6.04. The number of hydrogen-bond donors (Lipinski definition) is 0. The van der Waals surface area contributed by atoms with Crippen LogP contribution in [0.25, 0.3) is 0 Å². The second-order valence-corrected chi connectivity index (χ2v) is 6.04. The molecule has 3 aromatic rings. The lowest BCUT2D eigenvalue weighted by molar-refractivity contribution is 0.587. The summed E-state index contributed by atoms with van der Waals surface area (Å²) in [6.07, 6.45) is 7.19. The van der Waals surface area contributed by atoms with Gasteiger partial charge in [0.15, 0.2) is 0 Å². The Labute approximate surface area is 138 Å². The minimum absolute atomic E-state index is 0.455. The summed E-state index contributed by atoms with van der Waals surface area (Å²) in [6, 6.07) is 21.6. The van der Waals surface area contributed by atoms with E-state index in [1.807, 2.05) is 6.20 Å². The monoisotopic (exact) mass is 304 g/mol. The van der Waals surface area contributed by atoms with Crippen LogP contribution in [-0.2, 0) is 19.4 Å². The average Bonchev–Trinajstić information content (AvgIpc) is 3.03. The summed E-state index contributed by atoms with van der Waals surface area (Å²) >= 11 is 0. The minimum Gasteiger partial charge on any atom is -0.335 e. The molecule has 2 heteroatoms. The van der Waals surface area contributed by atoms with E-state index in [4.69, 9.17) is 0 Å². The van der Waals surface area contributed by atoms with Crippen LogP contribution in [0.4, 0.5) is 0 Å². The molecule has 0 aliphatic rings. The predicted molar refractivity (Wildman–Crippen MR) is 95.6 cm³/mol. The van der Waals surface area contributed by atoms with Gasteiger partial charge in [0.25, 0.3) is 0 Å². The molecule has 1 unspecified atom stereocenters. The number of nitrogens with zero attached hydrogens (tertiary/aromatic N) is 2. The first-order valence-electron chi connectivity index (χ1n) is 8.45. The van der Waals surface area contributed by atoms with Crippen molar-refractivity contribution in [2.45, 2.75) is 38.6 Å². The smallest absolute Gasteiger partial charge is 0.109 e. The van der Waals surface area contributed by atoms with Crippen LogP contribution < -0.4 is 0 Å². The summed E-state index contributed by atoms with van der Waals surface area (Å²) in [5.41, 5.74) is 2.78. The Morgan fingerprint density at radius 3 is 2.30 bits per heavy atom. The van der Waals surface area contributed by atoms with Gasteiger partial charge < -0.3 is 4.57 Å². The van der Waals surface area contributed by atoms with E-state index in [0.717, 1.165) is 25.8 Å². The molecule has 2 nitrogen and oxygen atoms in total. The highest BCUT2D eigenvalue weighted by Crippen LogP contribution is 2.25. The van der Waals surface area contributed by atoms with Crippen LogP contribution in [0.1, 0.15) is 36.2 Å². The number of benzene rings is 2. The molecule has 0 saturated carbocycles. The Kier molecular flexibility index (Phi) is 5.25. The lowest BCUT2D eigenvalue weighted by atomic mass is 9.89. The van der Waals surface area contributed by atoms with Gasteiger partial charge in [0.1, 0.15) is 5.82 Å². The fraction of sp³-hybridized carbons (Fsp3) is 0.286. The number of rotatable bonds is 7. The van der Waals surface area contributed by atoms with Crippen molar-refractivity contribution in [1.29, 1.82) is 0 Å². The van der Waals surface area contributed by atoms with Crippen LogP contribution in [0.2, 0.25) is 0 Å². The maximum Gasteiger partial charge on any atom is 0.109 e. The molecule has 1 atom stereocenters. The van der Waals surface area contributed by atoms with Crippen LogP contribution in [0.5, 0.6) is 0 Å². The predicted octanol–water partition coefficient (Wildman–Crippen LogP) is 4.86. The molecular formula is C21H24N2. The highest BCUT2D eigenvalue weighted by molar-refractivity contribution is 5.25. The average molecular weight is 304 g/mol. The molecule has 3 rings (SSSR count). The van der Waals surface area contributed by atoms with E-state index < -0.39 is 0 Å². The van der Waals surface area contributed by atoms with Gasteiger partial charge in [0, 0.05) is 25.4 Å². The topological polar surface area (TPSA) is 17.8 Å². The Balaban J connectivity index is 1.84. The first kappa shape index (κ1) is 15.5. The van der Waals surface area contributed by atoms with Gasteiger partial charge in [-0.15, -0.1) is 0 Å². The van der Waals surface area contributed by atoms with Gasteiger partial charge in [-0.05, 0) is 29.9 Å². The van der Waals surface area contributed by atoms with E-state index >= 15 is 0 Å². The van der Waals surface area contributed by atoms with Crippen molar-refractivity contribution in [3.05, 3.63) is 90.0 Å². The Morgan fingerprint density at radius 1 is 0.913 bits per heavy atom. The number of imidazole rings is 1. The summed E-state index contributed by atoms with van der Waals surface area (Å²) in [6.45, 7) is 3.25. The lowest BCUT2D eigenvalue weighted by Gasteiger charge is -2.18. The Bertz CT molecular complexity index is 701. The van der Waals surface area contributed by atoms with Crippen molar-refractivity contribution >= 4 is 0 Å². The third kappa shape index (κ3) is 4.10. The number of aromatic nitrogens is 2. The van der Waals surface area contributed by atoms with E-state index in [1.54, 1.807) is 0 Å². The van der Waals surface area contributed by atoms with E-state index in [-0.39, 0.29) is 0 Å². The van der Waals surface area contributed by atoms with Crippen molar-refractivity contribution < 1.29 is 0 Å². The third-order valence-electron chi connectivity index (χ3n) is 4.29. The molecule has 1 aromatic heterocycles. The molecule has 1 heterocycles. The molecule has 0 fully saturated rings. The van der Waals surface area contributed by atoms with Crippen LogP contribution >= 0.6 is 0 Å². The lowest BCUT2D eigenvalue weighted by Crippen LogP contribution is -2.11. The first-order chi connectivity index (χ1) is 11.4. The second kappa shape index (κ2) is 7.77. The molecule has 118 valence electrons. The molecule has 0 N–H and O–H groups in total. The molecular weight excluding hydrogens is 280 g/mol. The zero-order chi connectivity index (χ0) is 15.9. The standard InChI is InChI=1S/C21H24N2/c1-2-14-23-15-13-22-21(23)17-20(19-11-7-4-8-12-19)16-18-9-5-3-6-10-18/h3-13,15,20H,2,14,16-17H2,1H3. The van der Waals surface area contributed by atoms with E-state index in [0.29, 0.717) is 5.92 Å². The molecule has 0 bridgehead atoms. The molecule has 0 aliphatic heterocycles. The maximum absolute atomic E-state index is 4.60. The fourth-order valence-corrected chi connectivity index (χ4v) is 3.13. The molecule has 0 spiro atoms. The largest absolute Gasteiger partial charge is 0.335 e. The SMILES string of the molecule is CCCn1ccnc1CC(Cc1ccccc1)c1ccccc1. The van der Waals surface area contributed by atoms with Crippen molar-refractivity contribution in [3.63, 3.8) is 0 Å². The summed E-state index contributed by atoms with van der Waals surface area (Å²) in [4.78, 5) is 4.60. The van der Waals surface area contributed by atoms with Crippen LogP contribution in [0.3, 0.4) is 0 Å². The minimum atomic E-state index is 0.455. The zero-order valence-electron chi connectivity index (χ0n) is 13.7. The van der Waals surface area contributed by atoms with Gasteiger partial charge in [-0.1, -0.05) is 67.6 Å². The van der Waals surface area contributed by atoms with Crippen molar-refractivity contribution in [2.75, 3.05) is 0 Å². The molecule has 0 aliphatic carbocycles. The van der Waals surface area contributed by atoms with Crippen molar-refractivity contribution in [1.82, 2.24) is 9.55 Å². The van der Waals surface area contributed by atoms with E-state index in [2.05, 4.69) is 83.3 Å². The highest BCUT2D eigenvalue weighted by atomic mass is 15.1. The van der Waals surface area contributed by atoms with Crippen molar-refractivity contribution in [2.24, 2.45) is 0 Å². The fourth-order valence-electron chi connectivity index (χ4n) is 3.13. The Hall–Kier alpha value is -2.35. The van der Waals surface area contributed by atoms with Gasteiger partial charge in [-0.2, -0.15) is 0 Å². The molecule has 0 saturated heterocycles. The number of aryl methyl sites for hydroxylation is 1. The van der Waals surface area contributed by atoms with E-state index in [9.17, 15) is 0 Å². The summed E-state index contributed by atoms with van der Waals surface area (Å²) in [5.74, 6) is 1.65. The van der Waals surface area contributed by atoms with Crippen LogP contribution in [0, 0.1) is 0 Å². The normalized spacial score (nSPS) is 12.2. The summed E-state index contributed by atoms with van der Waals surface area (Å²) < 4.78 is 2.29. The van der Waals surface area contributed by atoms with Gasteiger partial charge in [0.2, 0.25) is 0 Å². The van der Waals surface area contributed by atoms with Crippen molar-refractivity contribution in [3.8, 4) is 0 Å². The van der Waals surface area contributed by atoms with E-state index in [1.165, 1.54) is 17.0 Å². The van der Waals surface area contributed by atoms with Gasteiger partial charge >= 0.3 is 0 Å². The van der Waals surface area contributed by atoms with Crippen LogP contribution in [-0.4, -0.2) is 9.55 Å². The molecule has 23 heavy (non-hydrogen) atoms. The first-order valence-corrected chi connectivity index (χ1v) is 8.45. The summed E-state index contributed by atoms with van der Waals surface area (Å²) in [7, 11) is 0. The third-order valence-corrected chi connectivity index (χ3v) is 4.29. The van der Waals surface area contributed by atoms with Crippen LogP contribution in [0.15, 0.2) is 73.1 Å². The zero-order valence-corrected chi connectivity index (χ0v) is 13.7. The maximum atomic E-state index is 4.60. The van der Waals surface area contributed by atoms with Gasteiger partial charge in [-0.25, -0.2) is 4.98 Å². The quantitative estimate of drug-likeness (QED) is 0.609. The van der Waals surface area contributed by atoms with Gasteiger partial charge in [-0.3, -0.25) is 0 Å². The molecule has 0 amide bonds. The van der Waals surface area contributed by atoms with Gasteiger partial charge in [0.05, 0.1) is 0 Å². The summed E-state index contributed by atoms with van der Waals surface area (Å²) in [5, 5.41) is 0. The molecule has 0 radical (unpaired) electrons.